The first kappa shape index (κ1) is 8.58. The van der Waals surface area contributed by atoms with Crippen LogP contribution in [0.3, 0.4) is 0 Å². The number of primary amides is 1. The number of pyridine rings is 1. The van der Waals surface area contributed by atoms with Gasteiger partial charge in [-0.15, -0.1) is 0 Å². The molecule has 0 aromatic carbocycles. The standard InChI is InChI=1S/C6H6N2O.N/c7-6(9)5-2-1-3-8-4-5;/h1-4H,(H2,7,9);. The molecule has 0 unspecified atom stereocenters. The number of carbonyl (C=O) groups excluding carboxylic acids is 1. The van der Waals surface area contributed by atoms with Crippen molar-refractivity contribution >= 4 is 5.91 Å². The van der Waals surface area contributed by atoms with E-state index in [4.69, 9.17) is 5.73 Å². The van der Waals surface area contributed by atoms with E-state index in [0.29, 0.717) is 5.56 Å². The van der Waals surface area contributed by atoms with Crippen LogP contribution in [0.5, 0.6) is 0 Å². The van der Waals surface area contributed by atoms with Crippen molar-refractivity contribution in [1.29, 1.82) is 0 Å². The van der Waals surface area contributed by atoms with Crippen molar-refractivity contribution in [1.82, 2.24) is 11.1 Å². The Hall–Kier alpha value is -1.42. The Morgan fingerprint density at radius 1 is 1.60 bits per heavy atom. The van der Waals surface area contributed by atoms with Gasteiger partial charge in [-0.25, -0.2) is 0 Å². The number of aromatic nitrogens is 1. The maximum Gasteiger partial charge on any atom is 0.250 e. The Bertz CT molecular complexity index is 209. The number of hydrogen-bond donors (Lipinski definition) is 1. The summed E-state index contributed by atoms with van der Waals surface area (Å²) in [5.41, 5.74) is 5.38. The van der Waals surface area contributed by atoms with E-state index in [1.54, 1.807) is 18.3 Å². The van der Waals surface area contributed by atoms with Gasteiger partial charge in [-0.3, -0.25) is 9.78 Å². The number of nitrogens with two attached hydrogens (primary N) is 1. The lowest BCUT2D eigenvalue weighted by atomic mass is 10.3. The first-order chi connectivity index (χ1) is 4.30. The van der Waals surface area contributed by atoms with Crippen molar-refractivity contribution in [2.75, 3.05) is 0 Å². The first-order valence-corrected chi connectivity index (χ1v) is 2.50. The molecule has 0 saturated carbocycles. The maximum absolute atomic E-state index is 10.4. The van der Waals surface area contributed by atoms with Crippen LogP contribution >= 0.6 is 0 Å². The Morgan fingerprint density at radius 3 is 2.60 bits per heavy atom. The summed E-state index contributed by atoms with van der Waals surface area (Å²) in [4.78, 5) is 14.1. The van der Waals surface area contributed by atoms with Gasteiger partial charge in [0.1, 0.15) is 0 Å². The third kappa shape index (κ3) is 1.83. The zero-order valence-corrected chi connectivity index (χ0v) is 5.19. The van der Waals surface area contributed by atoms with Crippen LogP contribution in [0.2, 0.25) is 0 Å². The molecule has 51 valence electrons. The summed E-state index contributed by atoms with van der Waals surface area (Å²) in [7, 11) is 0. The van der Waals surface area contributed by atoms with Gasteiger partial charge in [0.2, 0.25) is 5.91 Å². The number of amides is 1. The van der Waals surface area contributed by atoms with E-state index in [2.05, 4.69) is 4.98 Å². The van der Waals surface area contributed by atoms with Gasteiger partial charge in [0.15, 0.2) is 0 Å². The van der Waals surface area contributed by atoms with Crippen LogP contribution in [-0.2, 0) is 0 Å². The van der Waals surface area contributed by atoms with Crippen LogP contribution in [0.15, 0.2) is 24.5 Å². The lowest BCUT2D eigenvalue weighted by molar-refractivity contribution is 0.1000. The topological polar surface area (TPSA) is 86.5 Å². The van der Waals surface area contributed by atoms with E-state index in [1.807, 2.05) is 0 Å². The van der Waals surface area contributed by atoms with Crippen molar-refractivity contribution in [2.24, 2.45) is 5.73 Å². The van der Waals surface area contributed by atoms with Gasteiger partial charge in [-0.05, 0) is 12.1 Å². The SMILES string of the molecule is NC(=O)c1cccnc1.[N]. The van der Waals surface area contributed by atoms with E-state index in [-0.39, 0.29) is 6.15 Å². The van der Waals surface area contributed by atoms with E-state index < -0.39 is 5.91 Å². The predicted molar refractivity (Wildman–Crippen MR) is 34.9 cm³/mol. The van der Waals surface area contributed by atoms with E-state index in [1.165, 1.54) is 6.20 Å². The van der Waals surface area contributed by atoms with Gasteiger partial charge >= 0.3 is 0 Å². The molecule has 0 aliphatic rings. The molecule has 0 atom stereocenters. The second-order valence-corrected chi connectivity index (χ2v) is 1.61. The minimum absolute atomic E-state index is 0. The van der Waals surface area contributed by atoms with Gasteiger partial charge in [-0.2, -0.15) is 0 Å². The zero-order chi connectivity index (χ0) is 6.69. The fourth-order valence-corrected chi connectivity index (χ4v) is 0.509. The average Bonchev–Trinajstić information content (AvgIpc) is 1.90. The molecule has 1 aromatic rings. The van der Waals surface area contributed by atoms with Gasteiger partial charge < -0.3 is 5.73 Å². The van der Waals surface area contributed by atoms with Crippen LogP contribution in [-0.4, -0.2) is 10.9 Å². The molecule has 4 heteroatoms. The van der Waals surface area contributed by atoms with Crippen molar-refractivity contribution in [3.8, 4) is 0 Å². The second kappa shape index (κ2) is 3.58. The summed E-state index contributed by atoms with van der Waals surface area (Å²) in [6, 6.07) is 3.29. The Labute approximate surface area is 58.7 Å². The van der Waals surface area contributed by atoms with Gasteiger partial charge in [-0.1, -0.05) is 0 Å². The predicted octanol–water partition coefficient (Wildman–Crippen LogP) is -0.300. The van der Waals surface area contributed by atoms with Crippen molar-refractivity contribution < 1.29 is 4.79 Å². The van der Waals surface area contributed by atoms with E-state index in [0.717, 1.165) is 0 Å². The summed E-state index contributed by atoms with van der Waals surface area (Å²) in [6.07, 6.45) is 3.02. The molecule has 1 rings (SSSR count). The normalized spacial score (nSPS) is 8.00. The number of carbonyl (C=O) groups is 1. The molecule has 3 radical (unpaired) electrons. The molecule has 0 fully saturated rings. The Morgan fingerprint density at radius 2 is 2.30 bits per heavy atom. The first-order valence-electron chi connectivity index (χ1n) is 2.50. The molecule has 0 bridgehead atoms. The molecular weight excluding hydrogens is 130 g/mol. The third-order valence-electron chi connectivity index (χ3n) is 0.946. The van der Waals surface area contributed by atoms with Crippen LogP contribution in [0.25, 0.3) is 0 Å². The quantitative estimate of drug-likeness (QED) is 0.574. The highest BCUT2D eigenvalue weighted by molar-refractivity contribution is 5.92. The molecule has 0 spiro atoms. The minimum atomic E-state index is -0.442. The number of nitrogens with zero attached hydrogens (tertiary/aromatic N) is 2. The van der Waals surface area contributed by atoms with Crippen LogP contribution in [0, 0.1) is 0 Å². The summed E-state index contributed by atoms with van der Waals surface area (Å²) in [5.74, 6) is -0.442. The second-order valence-electron chi connectivity index (χ2n) is 1.61. The van der Waals surface area contributed by atoms with Crippen molar-refractivity contribution in [2.45, 2.75) is 0 Å². The molecule has 1 aromatic heterocycles. The van der Waals surface area contributed by atoms with Crippen LogP contribution < -0.4 is 11.9 Å². The maximum atomic E-state index is 10.4. The van der Waals surface area contributed by atoms with Crippen molar-refractivity contribution in [3.05, 3.63) is 30.1 Å². The monoisotopic (exact) mass is 136 g/mol. The van der Waals surface area contributed by atoms with Gasteiger partial charge in [0.25, 0.3) is 0 Å². The number of hydrogen-bond acceptors (Lipinski definition) is 2. The summed E-state index contributed by atoms with van der Waals surface area (Å²) < 4.78 is 0. The van der Waals surface area contributed by atoms with Crippen LogP contribution in [0.1, 0.15) is 10.4 Å². The zero-order valence-electron chi connectivity index (χ0n) is 5.19. The number of rotatable bonds is 1. The lowest BCUT2D eigenvalue weighted by Crippen LogP contribution is -2.10. The summed E-state index contributed by atoms with van der Waals surface area (Å²) >= 11 is 0. The summed E-state index contributed by atoms with van der Waals surface area (Å²) in [5, 5.41) is 0. The highest BCUT2D eigenvalue weighted by atomic mass is 16.1. The molecular formula is C6H6N3O. The molecule has 10 heavy (non-hydrogen) atoms. The molecule has 1 heterocycles. The van der Waals surface area contributed by atoms with Gasteiger partial charge in [0, 0.05) is 18.5 Å². The lowest BCUT2D eigenvalue weighted by Gasteiger charge is -1.88. The van der Waals surface area contributed by atoms with E-state index in [9.17, 15) is 4.79 Å². The minimum Gasteiger partial charge on any atom is -0.366 e. The molecule has 2 N–H and O–H groups in total. The van der Waals surface area contributed by atoms with Crippen LogP contribution in [0.4, 0.5) is 0 Å². The summed E-state index contributed by atoms with van der Waals surface area (Å²) in [6.45, 7) is 0. The molecule has 0 aliphatic heterocycles. The Balaban J connectivity index is 0.000000810. The largest absolute Gasteiger partial charge is 0.366 e. The van der Waals surface area contributed by atoms with E-state index >= 15 is 0 Å². The molecule has 4 nitrogen and oxygen atoms in total. The highest BCUT2D eigenvalue weighted by Crippen LogP contribution is 1.91. The third-order valence-corrected chi connectivity index (χ3v) is 0.946. The fraction of sp³-hybridized carbons (Fsp3) is 0. The molecule has 0 saturated heterocycles. The smallest absolute Gasteiger partial charge is 0.250 e. The van der Waals surface area contributed by atoms with Gasteiger partial charge in [0.05, 0.1) is 5.56 Å². The van der Waals surface area contributed by atoms with Crippen molar-refractivity contribution in [3.63, 3.8) is 0 Å². The molecule has 1 amide bonds. The highest BCUT2D eigenvalue weighted by Gasteiger charge is 1.94. The Kier molecular flexibility index (Phi) is 3.07. The average molecular weight is 136 g/mol. The molecule has 0 aliphatic carbocycles. The fourth-order valence-electron chi connectivity index (χ4n) is 0.509.